The van der Waals surface area contributed by atoms with E-state index in [1.807, 2.05) is 6.92 Å². The van der Waals surface area contributed by atoms with E-state index in [0.29, 0.717) is 11.6 Å². The molecule has 0 bridgehead atoms. The molecule has 0 spiro atoms. The lowest BCUT2D eigenvalue weighted by Gasteiger charge is -2.26. The van der Waals surface area contributed by atoms with Gasteiger partial charge in [0.25, 0.3) is 0 Å². The zero-order valence-corrected chi connectivity index (χ0v) is 12.7. The Morgan fingerprint density at radius 2 is 2.05 bits per heavy atom. The quantitative estimate of drug-likeness (QED) is 0.837. The minimum atomic E-state index is -0.523. The van der Waals surface area contributed by atoms with Gasteiger partial charge in [0.15, 0.2) is 0 Å². The van der Waals surface area contributed by atoms with E-state index in [1.54, 1.807) is 0 Å². The molecule has 2 unspecified atom stereocenters. The van der Waals surface area contributed by atoms with Crippen LogP contribution in [0, 0.1) is 11.6 Å². The summed E-state index contributed by atoms with van der Waals surface area (Å²) in [6.07, 6.45) is 1.86. The van der Waals surface area contributed by atoms with Crippen molar-refractivity contribution < 1.29 is 13.5 Å². The van der Waals surface area contributed by atoms with E-state index in [0.717, 1.165) is 45.2 Å². The van der Waals surface area contributed by atoms with Gasteiger partial charge in [-0.1, -0.05) is 6.92 Å². The largest absolute Gasteiger partial charge is 0.380 e. The first-order valence-electron chi connectivity index (χ1n) is 7.57. The monoisotopic (exact) mass is 298 g/mol. The molecule has 0 aliphatic carbocycles. The molecule has 1 aliphatic rings. The van der Waals surface area contributed by atoms with Gasteiger partial charge in [-0.25, -0.2) is 8.78 Å². The summed E-state index contributed by atoms with van der Waals surface area (Å²) in [5.41, 5.74) is 0.672. The fourth-order valence-corrected chi connectivity index (χ4v) is 2.79. The van der Waals surface area contributed by atoms with Gasteiger partial charge in [0.2, 0.25) is 0 Å². The SMILES string of the molecule is CCNC(CCN(C)C1CCOC1)c1cc(F)cc(F)c1. The molecule has 1 saturated heterocycles. The highest BCUT2D eigenvalue weighted by Gasteiger charge is 2.21. The topological polar surface area (TPSA) is 24.5 Å². The van der Waals surface area contributed by atoms with Crippen molar-refractivity contribution in [1.29, 1.82) is 0 Å². The lowest BCUT2D eigenvalue weighted by Crippen LogP contribution is -2.35. The predicted octanol–water partition coefficient (Wildman–Crippen LogP) is 2.73. The van der Waals surface area contributed by atoms with Crippen molar-refractivity contribution in [3.63, 3.8) is 0 Å². The highest BCUT2D eigenvalue weighted by atomic mass is 19.1. The van der Waals surface area contributed by atoms with E-state index in [9.17, 15) is 8.78 Å². The van der Waals surface area contributed by atoms with Gasteiger partial charge in [-0.2, -0.15) is 0 Å². The third kappa shape index (κ3) is 4.73. The van der Waals surface area contributed by atoms with Crippen molar-refractivity contribution in [2.24, 2.45) is 0 Å². The number of nitrogens with one attached hydrogen (secondary N) is 1. The second-order valence-electron chi connectivity index (χ2n) is 5.60. The van der Waals surface area contributed by atoms with Crippen molar-refractivity contribution in [3.8, 4) is 0 Å². The van der Waals surface area contributed by atoms with Gasteiger partial charge in [0.05, 0.1) is 6.61 Å². The average Bonchev–Trinajstić information content (AvgIpc) is 2.96. The van der Waals surface area contributed by atoms with Crippen molar-refractivity contribution in [3.05, 3.63) is 35.4 Å². The van der Waals surface area contributed by atoms with Gasteiger partial charge in [0, 0.05) is 31.3 Å². The molecule has 2 rings (SSSR count). The van der Waals surface area contributed by atoms with Gasteiger partial charge in [-0.3, -0.25) is 0 Å². The van der Waals surface area contributed by atoms with E-state index < -0.39 is 11.6 Å². The Kier molecular flexibility index (Phi) is 6.08. The van der Waals surface area contributed by atoms with Crippen LogP contribution < -0.4 is 5.32 Å². The maximum absolute atomic E-state index is 13.4. The third-order valence-corrected chi connectivity index (χ3v) is 4.04. The molecule has 0 aromatic heterocycles. The number of ether oxygens (including phenoxy) is 1. The average molecular weight is 298 g/mol. The Morgan fingerprint density at radius 3 is 2.62 bits per heavy atom. The highest BCUT2D eigenvalue weighted by Crippen LogP contribution is 2.21. The number of benzene rings is 1. The smallest absolute Gasteiger partial charge is 0.126 e. The summed E-state index contributed by atoms with van der Waals surface area (Å²) in [5.74, 6) is -1.05. The van der Waals surface area contributed by atoms with Crippen molar-refractivity contribution in [2.45, 2.75) is 31.8 Å². The molecule has 2 atom stereocenters. The molecule has 118 valence electrons. The normalized spacial score (nSPS) is 20.1. The Labute approximate surface area is 125 Å². The summed E-state index contributed by atoms with van der Waals surface area (Å²) >= 11 is 0. The second kappa shape index (κ2) is 7.82. The van der Waals surface area contributed by atoms with Crippen LogP contribution in [-0.4, -0.2) is 44.3 Å². The van der Waals surface area contributed by atoms with Crippen LogP contribution in [0.3, 0.4) is 0 Å². The summed E-state index contributed by atoms with van der Waals surface area (Å²) in [4.78, 5) is 2.27. The summed E-state index contributed by atoms with van der Waals surface area (Å²) < 4.78 is 32.1. The van der Waals surface area contributed by atoms with Crippen molar-refractivity contribution in [1.82, 2.24) is 10.2 Å². The lowest BCUT2D eigenvalue weighted by atomic mass is 10.0. The van der Waals surface area contributed by atoms with Crippen LogP contribution in [0.25, 0.3) is 0 Å². The molecule has 1 heterocycles. The first kappa shape index (κ1) is 16.3. The van der Waals surface area contributed by atoms with Crippen LogP contribution in [0.15, 0.2) is 18.2 Å². The fourth-order valence-electron chi connectivity index (χ4n) is 2.79. The highest BCUT2D eigenvalue weighted by molar-refractivity contribution is 5.21. The minimum absolute atomic E-state index is 0.0371. The van der Waals surface area contributed by atoms with E-state index in [4.69, 9.17) is 4.74 Å². The Bertz CT molecular complexity index is 430. The molecule has 0 radical (unpaired) electrons. The first-order valence-corrected chi connectivity index (χ1v) is 7.57. The minimum Gasteiger partial charge on any atom is -0.380 e. The summed E-state index contributed by atoms with van der Waals surface area (Å²) in [6, 6.07) is 4.15. The molecule has 1 aliphatic heterocycles. The molecule has 1 aromatic rings. The van der Waals surface area contributed by atoms with Crippen molar-refractivity contribution in [2.75, 3.05) is 33.4 Å². The molecule has 1 N–H and O–H groups in total. The standard InChI is InChI=1S/C16H24F2N2O/c1-3-19-16(12-8-13(17)10-14(18)9-12)4-6-20(2)15-5-7-21-11-15/h8-10,15-16,19H,3-7,11H2,1-2H3. The molecule has 1 aromatic carbocycles. The summed E-state index contributed by atoms with van der Waals surface area (Å²) in [5, 5.41) is 3.31. The Morgan fingerprint density at radius 1 is 1.33 bits per heavy atom. The van der Waals surface area contributed by atoms with Crippen LogP contribution in [-0.2, 0) is 4.74 Å². The number of halogens is 2. The van der Waals surface area contributed by atoms with E-state index in [-0.39, 0.29) is 6.04 Å². The van der Waals surface area contributed by atoms with Gasteiger partial charge in [-0.15, -0.1) is 0 Å². The van der Waals surface area contributed by atoms with E-state index in [2.05, 4.69) is 17.3 Å². The lowest BCUT2D eigenvalue weighted by molar-refractivity contribution is 0.156. The first-order chi connectivity index (χ1) is 10.1. The Balaban J connectivity index is 1.97. The molecule has 21 heavy (non-hydrogen) atoms. The van der Waals surface area contributed by atoms with E-state index >= 15 is 0 Å². The summed E-state index contributed by atoms with van der Waals surface area (Å²) in [6.45, 7) is 5.22. The Hall–Kier alpha value is -1.04. The maximum atomic E-state index is 13.4. The van der Waals surface area contributed by atoms with Crippen LogP contribution in [0.1, 0.15) is 31.4 Å². The molecule has 1 fully saturated rings. The maximum Gasteiger partial charge on any atom is 0.126 e. The zero-order valence-electron chi connectivity index (χ0n) is 12.7. The second-order valence-corrected chi connectivity index (χ2v) is 5.60. The predicted molar refractivity (Wildman–Crippen MR) is 79.2 cm³/mol. The molecular weight excluding hydrogens is 274 g/mol. The molecule has 0 saturated carbocycles. The van der Waals surface area contributed by atoms with Gasteiger partial charge in [0.1, 0.15) is 11.6 Å². The number of hydrogen-bond donors (Lipinski definition) is 1. The number of likely N-dealkylation sites (N-methyl/N-ethyl adjacent to an activating group) is 1. The molecule has 3 nitrogen and oxygen atoms in total. The van der Waals surface area contributed by atoms with E-state index in [1.165, 1.54) is 12.1 Å². The molecule has 5 heteroatoms. The summed E-state index contributed by atoms with van der Waals surface area (Å²) in [7, 11) is 2.08. The van der Waals surface area contributed by atoms with Gasteiger partial charge in [-0.05, 0) is 44.1 Å². The van der Waals surface area contributed by atoms with Crippen LogP contribution in [0.4, 0.5) is 8.78 Å². The third-order valence-electron chi connectivity index (χ3n) is 4.04. The van der Waals surface area contributed by atoms with Gasteiger partial charge < -0.3 is 15.0 Å². The van der Waals surface area contributed by atoms with Gasteiger partial charge >= 0.3 is 0 Å². The molecule has 0 amide bonds. The number of hydrogen-bond acceptors (Lipinski definition) is 3. The number of nitrogens with zero attached hydrogens (tertiary/aromatic N) is 1. The fraction of sp³-hybridized carbons (Fsp3) is 0.625. The zero-order chi connectivity index (χ0) is 15.2. The molecular formula is C16H24F2N2O. The van der Waals surface area contributed by atoms with Crippen LogP contribution in [0.5, 0.6) is 0 Å². The van der Waals surface area contributed by atoms with Crippen LogP contribution >= 0.6 is 0 Å². The van der Waals surface area contributed by atoms with Crippen molar-refractivity contribution >= 4 is 0 Å². The van der Waals surface area contributed by atoms with Crippen LogP contribution in [0.2, 0.25) is 0 Å². The number of rotatable bonds is 7.